The normalized spacial score (nSPS) is 10.3. The van der Waals surface area contributed by atoms with Crippen LogP contribution in [0.25, 0.3) is 0 Å². The minimum absolute atomic E-state index is 0.128. The molecule has 3 aromatic rings. The molecule has 3 heteroatoms. The van der Waals surface area contributed by atoms with Gasteiger partial charge in [0.05, 0.1) is 0 Å². The summed E-state index contributed by atoms with van der Waals surface area (Å²) in [6.45, 7) is 0. The second kappa shape index (κ2) is 6.37. The summed E-state index contributed by atoms with van der Waals surface area (Å²) in [6, 6.07) is 20.8. The number of Topliss-reactive ketones (excluding diaryl/α,β-unsaturated/α-hetero) is 1. The molecule has 0 saturated carbocycles. The standard InChI is InChI=1S/C18H14O2S/c19-18(13-17-7-4-12-21-17)14-8-10-16(11-9-14)20-15-5-2-1-3-6-15/h1-12H,13H2. The molecule has 1 aromatic heterocycles. The first-order valence-corrected chi connectivity index (χ1v) is 7.58. The molecule has 104 valence electrons. The Morgan fingerprint density at radius 1 is 0.857 bits per heavy atom. The maximum absolute atomic E-state index is 12.1. The molecule has 0 spiro atoms. The third kappa shape index (κ3) is 3.58. The molecule has 0 N–H and O–H groups in total. The highest BCUT2D eigenvalue weighted by Gasteiger charge is 2.08. The quantitative estimate of drug-likeness (QED) is 0.621. The third-order valence-corrected chi connectivity index (χ3v) is 3.95. The van der Waals surface area contributed by atoms with Crippen molar-refractivity contribution in [1.29, 1.82) is 0 Å². The van der Waals surface area contributed by atoms with Gasteiger partial charge in [0.15, 0.2) is 5.78 Å². The Hall–Kier alpha value is -2.39. The predicted molar refractivity (Wildman–Crippen MR) is 85.3 cm³/mol. The average molecular weight is 294 g/mol. The zero-order chi connectivity index (χ0) is 14.5. The first-order valence-electron chi connectivity index (χ1n) is 6.70. The number of ketones is 1. The van der Waals surface area contributed by atoms with Crippen LogP contribution in [-0.2, 0) is 6.42 Å². The van der Waals surface area contributed by atoms with Gasteiger partial charge in [0.25, 0.3) is 0 Å². The molecule has 0 unspecified atom stereocenters. The average Bonchev–Trinajstić information content (AvgIpc) is 3.02. The topological polar surface area (TPSA) is 26.3 Å². The van der Waals surface area contributed by atoms with E-state index >= 15 is 0 Å². The van der Waals surface area contributed by atoms with Gasteiger partial charge >= 0.3 is 0 Å². The third-order valence-electron chi connectivity index (χ3n) is 3.07. The van der Waals surface area contributed by atoms with Gasteiger partial charge in [0.2, 0.25) is 0 Å². The Balaban J connectivity index is 1.68. The van der Waals surface area contributed by atoms with E-state index in [0.717, 1.165) is 16.4 Å². The molecule has 0 atom stereocenters. The number of ether oxygens (including phenoxy) is 1. The Kier molecular flexibility index (Phi) is 4.12. The lowest BCUT2D eigenvalue weighted by atomic mass is 10.1. The van der Waals surface area contributed by atoms with Crippen LogP contribution in [0.3, 0.4) is 0 Å². The number of hydrogen-bond acceptors (Lipinski definition) is 3. The molecule has 1 heterocycles. The lowest BCUT2D eigenvalue weighted by Gasteiger charge is -2.06. The minimum Gasteiger partial charge on any atom is -0.457 e. The van der Waals surface area contributed by atoms with Gasteiger partial charge in [-0.1, -0.05) is 24.3 Å². The van der Waals surface area contributed by atoms with Crippen LogP contribution in [0.5, 0.6) is 11.5 Å². The first-order chi connectivity index (χ1) is 10.3. The number of carbonyl (C=O) groups excluding carboxylic acids is 1. The monoisotopic (exact) mass is 294 g/mol. The van der Waals surface area contributed by atoms with Crippen LogP contribution in [0.4, 0.5) is 0 Å². The summed E-state index contributed by atoms with van der Waals surface area (Å²) in [7, 11) is 0. The van der Waals surface area contributed by atoms with Crippen molar-refractivity contribution >= 4 is 17.1 Å². The summed E-state index contributed by atoms with van der Waals surface area (Å²) in [5.74, 6) is 1.65. The molecule has 21 heavy (non-hydrogen) atoms. The van der Waals surface area contributed by atoms with Crippen LogP contribution in [0.2, 0.25) is 0 Å². The molecule has 0 bridgehead atoms. The largest absolute Gasteiger partial charge is 0.457 e. The predicted octanol–water partition coefficient (Wildman–Crippen LogP) is 4.97. The lowest BCUT2D eigenvalue weighted by Crippen LogP contribution is -2.01. The number of para-hydroxylation sites is 1. The molecule has 2 nitrogen and oxygen atoms in total. The number of thiophene rings is 1. The summed E-state index contributed by atoms with van der Waals surface area (Å²) in [5.41, 5.74) is 0.712. The molecule has 0 aliphatic heterocycles. The molecule has 0 fully saturated rings. The Morgan fingerprint density at radius 3 is 2.24 bits per heavy atom. The summed E-state index contributed by atoms with van der Waals surface area (Å²) in [6.07, 6.45) is 0.455. The fraction of sp³-hybridized carbons (Fsp3) is 0.0556. The fourth-order valence-corrected chi connectivity index (χ4v) is 2.71. The highest BCUT2D eigenvalue weighted by atomic mass is 32.1. The second-order valence-corrected chi connectivity index (χ2v) is 5.65. The first kappa shape index (κ1) is 13.6. The van der Waals surface area contributed by atoms with E-state index in [9.17, 15) is 4.79 Å². The molecule has 3 rings (SSSR count). The molecule has 0 saturated heterocycles. The van der Waals surface area contributed by atoms with Crippen LogP contribution in [0, 0.1) is 0 Å². The highest BCUT2D eigenvalue weighted by Crippen LogP contribution is 2.22. The molecule has 0 amide bonds. The van der Waals surface area contributed by atoms with Gasteiger partial charge in [-0.2, -0.15) is 0 Å². The van der Waals surface area contributed by atoms with E-state index in [2.05, 4.69) is 0 Å². The molecular weight excluding hydrogens is 280 g/mol. The van der Waals surface area contributed by atoms with Crippen molar-refractivity contribution in [3.05, 3.63) is 82.6 Å². The van der Waals surface area contributed by atoms with Crippen molar-refractivity contribution in [2.45, 2.75) is 6.42 Å². The summed E-state index contributed by atoms with van der Waals surface area (Å²) in [5, 5.41) is 1.99. The Labute approximate surface area is 127 Å². The Bertz CT molecular complexity index is 701. The van der Waals surface area contributed by atoms with Crippen LogP contribution in [0.1, 0.15) is 15.2 Å². The van der Waals surface area contributed by atoms with E-state index in [1.807, 2.05) is 72.1 Å². The van der Waals surface area contributed by atoms with E-state index in [0.29, 0.717) is 12.0 Å². The van der Waals surface area contributed by atoms with Crippen LogP contribution >= 0.6 is 11.3 Å². The van der Waals surface area contributed by atoms with Crippen molar-refractivity contribution in [1.82, 2.24) is 0 Å². The smallest absolute Gasteiger partial charge is 0.168 e. The van der Waals surface area contributed by atoms with Crippen molar-refractivity contribution in [3.8, 4) is 11.5 Å². The van der Waals surface area contributed by atoms with E-state index < -0.39 is 0 Å². The summed E-state index contributed by atoms with van der Waals surface area (Å²) < 4.78 is 5.71. The van der Waals surface area contributed by atoms with Gasteiger partial charge < -0.3 is 4.74 Å². The summed E-state index contributed by atoms with van der Waals surface area (Å²) >= 11 is 1.61. The molecular formula is C18H14O2S. The van der Waals surface area contributed by atoms with Gasteiger partial charge in [0.1, 0.15) is 11.5 Å². The molecule has 0 aliphatic carbocycles. The van der Waals surface area contributed by atoms with E-state index in [4.69, 9.17) is 4.74 Å². The van der Waals surface area contributed by atoms with Gasteiger partial charge in [-0.05, 0) is 47.8 Å². The zero-order valence-electron chi connectivity index (χ0n) is 11.4. The van der Waals surface area contributed by atoms with Gasteiger partial charge in [-0.25, -0.2) is 0 Å². The van der Waals surface area contributed by atoms with Crippen LogP contribution in [-0.4, -0.2) is 5.78 Å². The molecule has 0 radical (unpaired) electrons. The highest BCUT2D eigenvalue weighted by molar-refractivity contribution is 7.10. The lowest BCUT2D eigenvalue weighted by molar-refractivity contribution is 0.0994. The van der Waals surface area contributed by atoms with Gasteiger partial charge in [-0.3, -0.25) is 4.79 Å². The van der Waals surface area contributed by atoms with E-state index in [1.165, 1.54) is 0 Å². The van der Waals surface area contributed by atoms with Crippen LogP contribution < -0.4 is 4.74 Å². The maximum Gasteiger partial charge on any atom is 0.168 e. The van der Waals surface area contributed by atoms with Gasteiger partial charge in [0, 0.05) is 16.9 Å². The van der Waals surface area contributed by atoms with E-state index in [1.54, 1.807) is 11.3 Å². The summed E-state index contributed by atoms with van der Waals surface area (Å²) in [4.78, 5) is 13.2. The molecule has 2 aromatic carbocycles. The zero-order valence-corrected chi connectivity index (χ0v) is 12.2. The SMILES string of the molecule is O=C(Cc1cccs1)c1ccc(Oc2ccccc2)cc1. The van der Waals surface area contributed by atoms with Crippen molar-refractivity contribution in [2.24, 2.45) is 0 Å². The fourth-order valence-electron chi connectivity index (χ4n) is 2.01. The Morgan fingerprint density at radius 2 is 1.57 bits per heavy atom. The number of hydrogen-bond donors (Lipinski definition) is 0. The second-order valence-electron chi connectivity index (χ2n) is 4.62. The number of benzene rings is 2. The van der Waals surface area contributed by atoms with Crippen molar-refractivity contribution in [3.63, 3.8) is 0 Å². The van der Waals surface area contributed by atoms with Crippen molar-refractivity contribution in [2.75, 3.05) is 0 Å². The minimum atomic E-state index is 0.128. The van der Waals surface area contributed by atoms with Crippen LogP contribution in [0.15, 0.2) is 72.1 Å². The van der Waals surface area contributed by atoms with Gasteiger partial charge in [-0.15, -0.1) is 11.3 Å². The molecule has 0 aliphatic rings. The van der Waals surface area contributed by atoms with E-state index in [-0.39, 0.29) is 5.78 Å². The number of rotatable bonds is 5. The maximum atomic E-state index is 12.1. The van der Waals surface area contributed by atoms with Crippen molar-refractivity contribution < 1.29 is 9.53 Å². The number of carbonyl (C=O) groups is 1.